The summed E-state index contributed by atoms with van der Waals surface area (Å²) in [7, 11) is 0. The third-order valence-corrected chi connectivity index (χ3v) is 8.22. The van der Waals surface area contributed by atoms with Crippen molar-refractivity contribution < 1.29 is 29.3 Å². The van der Waals surface area contributed by atoms with E-state index in [0.29, 0.717) is 33.4 Å². The number of amides is 2. The Morgan fingerprint density at radius 1 is 0.905 bits per heavy atom. The molecule has 1 spiro atoms. The van der Waals surface area contributed by atoms with Crippen LogP contribution in [0.5, 0.6) is 0 Å². The van der Waals surface area contributed by atoms with E-state index in [1.165, 1.54) is 11.1 Å². The first-order chi connectivity index (χ1) is 20.3. The molecule has 1 aromatic heterocycles. The van der Waals surface area contributed by atoms with Gasteiger partial charge < -0.3 is 19.7 Å². The second kappa shape index (κ2) is 9.71. The minimum absolute atomic E-state index is 0.0182. The molecule has 3 N–H and O–H groups in total. The molecule has 3 aliphatic rings. The van der Waals surface area contributed by atoms with E-state index in [1.807, 2.05) is 42.5 Å². The van der Waals surface area contributed by atoms with E-state index in [9.17, 15) is 29.4 Å². The van der Waals surface area contributed by atoms with E-state index in [1.54, 1.807) is 24.3 Å². The predicted octanol–water partition coefficient (Wildman–Crippen LogP) is 1.68. The van der Waals surface area contributed by atoms with Gasteiger partial charge in [-0.05, 0) is 40.5 Å². The van der Waals surface area contributed by atoms with Crippen LogP contribution in [0.1, 0.15) is 43.6 Å². The van der Waals surface area contributed by atoms with Gasteiger partial charge in [0.2, 0.25) is 0 Å². The smallest absolute Gasteiger partial charge is 0.330 e. The van der Waals surface area contributed by atoms with Gasteiger partial charge in [0.05, 0.1) is 30.9 Å². The SMILES string of the molecule is O=C1c2ccccc2C(=O)N1Cc1cc2c(c(-c3ccccc3)c1)[C@@]1(OC2)[C@@H](CO)O[C@@H](n2ccc(=O)[nH]c2=O)[C@@H]1O. The van der Waals surface area contributed by atoms with Gasteiger partial charge in [-0.1, -0.05) is 48.5 Å². The molecule has 0 aliphatic carbocycles. The van der Waals surface area contributed by atoms with Crippen LogP contribution in [0.25, 0.3) is 11.1 Å². The van der Waals surface area contributed by atoms with Crippen LogP contribution >= 0.6 is 0 Å². The maximum atomic E-state index is 13.1. The molecule has 3 aromatic carbocycles. The molecule has 1 saturated heterocycles. The first kappa shape index (κ1) is 26.2. The molecule has 1 fully saturated rings. The van der Waals surface area contributed by atoms with Crippen LogP contribution in [-0.4, -0.2) is 55.3 Å². The molecule has 0 radical (unpaired) electrons. The van der Waals surface area contributed by atoms with Crippen LogP contribution in [0.2, 0.25) is 0 Å². The number of nitrogens with zero attached hydrogens (tertiary/aromatic N) is 2. The van der Waals surface area contributed by atoms with Gasteiger partial charge in [0.1, 0.15) is 12.2 Å². The van der Waals surface area contributed by atoms with Crippen LogP contribution in [0, 0.1) is 0 Å². The number of hydrogen-bond donors (Lipinski definition) is 3. The highest BCUT2D eigenvalue weighted by Gasteiger charge is 2.62. The molecule has 3 aliphatic heterocycles. The Labute approximate surface area is 238 Å². The zero-order valence-electron chi connectivity index (χ0n) is 22.1. The van der Waals surface area contributed by atoms with Gasteiger partial charge in [-0.25, -0.2) is 4.79 Å². The number of carbonyl (C=O) groups excluding carboxylic acids is 2. The molecular formula is C31H25N3O8. The van der Waals surface area contributed by atoms with E-state index in [0.717, 1.165) is 16.2 Å². The van der Waals surface area contributed by atoms with E-state index in [2.05, 4.69) is 4.98 Å². The number of aromatic nitrogens is 2. The number of hydrogen-bond acceptors (Lipinski definition) is 8. The molecule has 0 saturated carbocycles. The highest BCUT2D eigenvalue weighted by molar-refractivity contribution is 6.21. The predicted molar refractivity (Wildman–Crippen MR) is 147 cm³/mol. The number of carbonyl (C=O) groups is 2. The second-order valence-corrected chi connectivity index (χ2v) is 10.5. The van der Waals surface area contributed by atoms with Gasteiger partial charge in [-0.3, -0.25) is 28.8 Å². The van der Waals surface area contributed by atoms with Gasteiger partial charge in [0.25, 0.3) is 17.4 Å². The van der Waals surface area contributed by atoms with Crippen molar-refractivity contribution in [3.05, 3.63) is 128 Å². The fourth-order valence-electron chi connectivity index (χ4n) is 6.37. The third-order valence-electron chi connectivity index (χ3n) is 8.22. The summed E-state index contributed by atoms with van der Waals surface area (Å²) in [5.74, 6) is -0.751. The average Bonchev–Trinajstić information content (AvgIpc) is 3.60. The van der Waals surface area contributed by atoms with E-state index >= 15 is 0 Å². The van der Waals surface area contributed by atoms with Crippen LogP contribution in [0.3, 0.4) is 0 Å². The van der Waals surface area contributed by atoms with Gasteiger partial charge in [0, 0.05) is 17.8 Å². The summed E-state index contributed by atoms with van der Waals surface area (Å²) in [5.41, 5.74) is 1.13. The fraction of sp³-hybridized carbons (Fsp3) is 0.226. The van der Waals surface area contributed by atoms with Crippen molar-refractivity contribution in [2.75, 3.05) is 6.61 Å². The Bertz CT molecular complexity index is 1830. The van der Waals surface area contributed by atoms with Crippen molar-refractivity contribution in [1.82, 2.24) is 14.5 Å². The number of ether oxygens (including phenoxy) is 2. The lowest BCUT2D eigenvalue weighted by Crippen LogP contribution is -2.47. The lowest BCUT2D eigenvalue weighted by atomic mass is 9.78. The number of aliphatic hydroxyl groups excluding tert-OH is 2. The summed E-state index contributed by atoms with van der Waals surface area (Å²) in [6.45, 7) is -0.476. The summed E-state index contributed by atoms with van der Waals surface area (Å²) in [5, 5.41) is 22.2. The Hall–Kier alpha value is -4.68. The molecule has 212 valence electrons. The molecule has 42 heavy (non-hydrogen) atoms. The number of rotatable bonds is 5. The third kappa shape index (κ3) is 3.75. The van der Waals surface area contributed by atoms with E-state index < -0.39 is 41.9 Å². The molecule has 4 atom stereocenters. The van der Waals surface area contributed by atoms with E-state index in [4.69, 9.17) is 9.47 Å². The molecule has 4 heterocycles. The maximum absolute atomic E-state index is 13.1. The number of nitrogens with one attached hydrogen (secondary N) is 1. The lowest BCUT2D eigenvalue weighted by Gasteiger charge is -2.33. The van der Waals surface area contributed by atoms with E-state index in [-0.39, 0.29) is 25.0 Å². The monoisotopic (exact) mass is 567 g/mol. The molecule has 7 rings (SSSR count). The highest BCUT2D eigenvalue weighted by atomic mass is 16.6. The molecule has 11 nitrogen and oxygen atoms in total. The zero-order chi connectivity index (χ0) is 29.2. The zero-order valence-corrected chi connectivity index (χ0v) is 22.1. The maximum Gasteiger partial charge on any atom is 0.330 e. The molecular weight excluding hydrogens is 542 g/mol. The minimum atomic E-state index is -1.57. The summed E-state index contributed by atoms with van der Waals surface area (Å²) >= 11 is 0. The molecule has 2 amide bonds. The number of fused-ring (bicyclic) bond motifs is 3. The summed E-state index contributed by atoms with van der Waals surface area (Å²) in [6.07, 6.45) is -2.56. The number of aliphatic hydroxyl groups is 2. The molecule has 0 unspecified atom stereocenters. The highest BCUT2D eigenvalue weighted by Crippen LogP contribution is 2.54. The molecule has 11 heteroatoms. The van der Waals surface area contributed by atoms with Gasteiger partial charge in [-0.15, -0.1) is 0 Å². The van der Waals surface area contributed by atoms with Crippen molar-refractivity contribution in [3.8, 4) is 11.1 Å². The van der Waals surface area contributed by atoms with Crippen LogP contribution < -0.4 is 11.2 Å². The molecule has 4 aromatic rings. The largest absolute Gasteiger partial charge is 0.394 e. The van der Waals surface area contributed by atoms with Crippen molar-refractivity contribution in [2.45, 2.75) is 37.2 Å². The first-order valence-electron chi connectivity index (χ1n) is 13.4. The number of aromatic amines is 1. The fourth-order valence-corrected chi connectivity index (χ4v) is 6.37. The number of H-pyrrole nitrogens is 1. The van der Waals surface area contributed by atoms with Crippen molar-refractivity contribution >= 4 is 11.8 Å². The quantitative estimate of drug-likeness (QED) is 0.308. The normalized spacial score (nSPS) is 24.4. The summed E-state index contributed by atoms with van der Waals surface area (Å²) < 4.78 is 13.4. The number of imide groups is 1. The Kier molecular flexibility index (Phi) is 6.06. The van der Waals surface area contributed by atoms with Gasteiger partial charge in [-0.2, -0.15) is 0 Å². The summed E-state index contributed by atoms with van der Waals surface area (Å²) in [6, 6.07) is 20.8. The number of benzene rings is 3. The first-order valence-corrected chi connectivity index (χ1v) is 13.4. The average molecular weight is 568 g/mol. The Morgan fingerprint density at radius 2 is 1.60 bits per heavy atom. The topological polar surface area (TPSA) is 151 Å². The second-order valence-electron chi connectivity index (χ2n) is 10.5. The Balaban J connectivity index is 1.35. The van der Waals surface area contributed by atoms with Crippen molar-refractivity contribution in [1.29, 1.82) is 0 Å². The van der Waals surface area contributed by atoms with Gasteiger partial charge in [0.15, 0.2) is 11.8 Å². The minimum Gasteiger partial charge on any atom is -0.394 e. The van der Waals surface area contributed by atoms with Gasteiger partial charge >= 0.3 is 5.69 Å². The Morgan fingerprint density at radius 3 is 2.26 bits per heavy atom. The molecule has 0 bridgehead atoms. The standard InChI is InChI=1S/C31H25N3O8/c35-15-23-31(26(37)29(42-23)33-11-10-24(36)32-30(33)40)25-19(16-41-31)12-17(13-22(25)18-6-2-1-3-7-18)14-34-27(38)20-8-4-5-9-21(20)28(34)39/h1-13,23,26,29,35,37H,14-16H2,(H,32,36,40)/t23-,26+,29-,31+/m1/s1. The van der Waals surface area contributed by atoms with Crippen LogP contribution in [-0.2, 0) is 28.2 Å². The van der Waals surface area contributed by atoms with Crippen molar-refractivity contribution in [3.63, 3.8) is 0 Å². The van der Waals surface area contributed by atoms with Crippen molar-refractivity contribution in [2.24, 2.45) is 0 Å². The summed E-state index contributed by atoms with van der Waals surface area (Å²) in [4.78, 5) is 53.8. The van der Waals surface area contributed by atoms with Crippen LogP contribution in [0.4, 0.5) is 0 Å². The van der Waals surface area contributed by atoms with Crippen LogP contribution in [0.15, 0.2) is 88.6 Å². The lowest BCUT2D eigenvalue weighted by molar-refractivity contribution is -0.134.